The van der Waals surface area contributed by atoms with Crippen molar-refractivity contribution < 1.29 is 18.1 Å². The predicted octanol–water partition coefficient (Wildman–Crippen LogP) is -0.592. The molecule has 0 spiro atoms. The second kappa shape index (κ2) is 5.69. The van der Waals surface area contributed by atoms with Crippen LogP contribution in [0.5, 0.6) is 0 Å². The highest BCUT2D eigenvalue weighted by Gasteiger charge is 2.02. The van der Waals surface area contributed by atoms with Crippen LogP contribution in [0.25, 0.3) is 11.1 Å². The largest absolute Gasteiger partial charge is 1.00 e. The van der Waals surface area contributed by atoms with Gasteiger partial charge in [-0.3, -0.25) is 0 Å². The summed E-state index contributed by atoms with van der Waals surface area (Å²) in [6.07, 6.45) is 0. The summed E-state index contributed by atoms with van der Waals surface area (Å²) in [7, 11) is 0. The number of rotatable bonds is 2. The van der Waals surface area contributed by atoms with Crippen molar-refractivity contribution in [3.63, 3.8) is 0 Å². The van der Waals surface area contributed by atoms with E-state index in [0.717, 1.165) is 6.54 Å². The Kier molecular flexibility index (Phi) is 4.53. The van der Waals surface area contributed by atoms with Gasteiger partial charge >= 0.3 is 0 Å². The summed E-state index contributed by atoms with van der Waals surface area (Å²) in [5.74, 6) is 0. The summed E-state index contributed by atoms with van der Waals surface area (Å²) in [5, 5.41) is 0. The molecule has 0 aliphatic rings. The van der Waals surface area contributed by atoms with Crippen LogP contribution in [0.4, 0.5) is 0 Å². The Labute approximate surface area is 103 Å². The van der Waals surface area contributed by atoms with E-state index < -0.39 is 0 Å². The first kappa shape index (κ1) is 12.8. The van der Waals surface area contributed by atoms with Gasteiger partial charge in [0.25, 0.3) is 0 Å². The Morgan fingerprint density at radius 3 is 2.31 bits per heavy atom. The molecule has 1 nitrogen and oxygen atoms in total. The minimum absolute atomic E-state index is 0. The van der Waals surface area contributed by atoms with E-state index in [2.05, 4.69) is 55.1 Å². The fraction of sp³-hybridized carbons (Fsp3) is 0.143. The molecule has 0 fully saturated rings. The first-order valence-electron chi connectivity index (χ1n) is 5.25. The topological polar surface area (TPSA) is 27.6 Å². The molecule has 0 aliphatic heterocycles. The molecule has 0 saturated heterocycles. The smallest absolute Gasteiger partial charge is 0.0997 e. The first-order chi connectivity index (χ1) is 7.31. The van der Waals surface area contributed by atoms with Crippen molar-refractivity contribution in [3.8, 4) is 11.1 Å². The van der Waals surface area contributed by atoms with Gasteiger partial charge in [-0.25, -0.2) is 0 Å². The Bertz CT molecular complexity index is 452. The molecule has 0 saturated carbocycles. The van der Waals surface area contributed by atoms with Gasteiger partial charge in [0.2, 0.25) is 0 Å². The number of hydrogen-bond acceptors (Lipinski definition) is 0. The molecule has 3 N–H and O–H groups in total. The van der Waals surface area contributed by atoms with Crippen LogP contribution in [0.1, 0.15) is 11.1 Å². The average Bonchev–Trinajstić information content (AvgIpc) is 2.31. The molecule has 0 radical (unpaired) electrons. The van der Waals surface area contributed by atoms with E-state index in [4.69, 9.17) is 0 Å². The Morgan fingerprint density at radius 1 is 1.00 bits per heavy atom. The number of benzene rings is 2. The van der Waals surface area contributed by atoms with Crippen LogP contribution in [0, 0.1) is 6.92 Å². The van der Waals surface area contributed by atoms with Crippen LogP contribution in [0.3, 0.4) is 0 Å². The molecule has 0 aliphatic carbocycles. The summed E-state index contributed by atoms with van der Waals surface area (Å²) in [4.78, 5) is 0. The lowest BCUT2D eigenvalue weighted by Gasteiger charge is -2.07. The van der Waals surface area contributed by atoms with Gasteiger partial charge < -0.3 is 18.1 Å². The van der Waals surface area contributed by atoms with E-state index in [1.54, 1.807) is 0 Å². The third-order valence-electron chi connectivity index (χ3n) is 2.68. The van der Waals surface area contributed by atoms with E-state index in [0.29, 0.717) is 0 Å². The highest BCUT2D eigenvalue weighted by Crippen LogP contribution is 2.23. The van der Waals surface area contributed by atoms with Crippen molar-refractivity contribution in [1.29, 1.82) is 0 Å². The van der Waals surface area contributed by atoms with E-state index in [9.17, 15) is 0 Å². The molecule has 0 unspecified atom stereocenters. The van der Waals surface area contributed by atoms with Crippen molar-refractivity contribution >= 4 is 0 Å². The second-order valence-electron chi connectivity index (χ2n) is 3.77. The van der Waals surface area contributed by atoms with Gasteiger partial charge in [-0.2, -0.15) is 0 Å². The molecule has 2 heteroatoms. The number of quaternary nitrogens is 1. The van der Waals surface area contributed by atoms with Crippen molar-refractivity contribution in [3.05, 3.63) is 59.7 Å². The van der Waals surface area contributed by atoms with Crippen LogP contribution < -0.4 is 18.1 Å². The zero-order chi connectivity index (χ0) is 10.7. The second-order valence-corrected chi connectivity index (χ2v) is 3.77. The molecular weight excluding hydrogens is 218 g/mol. The molecule has 2 aromatic rings. The van der Waals surface area contributed by atoms with Gasteiger partial charge in [0.05, 0.1) is 6.54 Å². The van der Waals surface area contributed by atoms with Gasteiger partial charge in [-0.05, 0) is 29.7 Å². The van der Waals surface area contributed by atoms with Crippen molar-refractivity contribution in [2.75, 3.05) is 0 Å². The SMILES string of the molecule is Cc1ccc(C[NH3+])cc1-c1ccccc1.[Cl-]. The quantitative estimate of drug-likeness (QED) is 0.718. The highest BCUT2D eigenvalue weighted by molar-refractivity contribution is 5.67. The number of hydrogen-bond donors (Lipinski definition) is 1. The average molecular weight is 234 g/mol. The zero-order valence-electron chi connectivity index (χ0n) is 9.41. The minimum Gasteiger partial charge on any atom is -1.00 e. The monoisotopic (exact) mass is 233 g/mol. The standard InChI is InChI=1S/C14H15N.ClH/c1-11-7-8-12(10-15)9-14(11)13-5-3-2-4-6-13;/h2-9H,10,15H2,1H3;1H. The molecule has 2 aromatic carbocycles. The maximum atomic E-state index is 3.92. The Morgan fingerprint density at radius 2 is 1.69 bits per heavy atom. The van der Waals surface area contributed by atoms with Crippen LogP contribution in [0.2, 0.25) is 0 Å². The van der Waals surface area contributed by atoms with E-state index in [1.165, 1.54) is 22.3 Å². The lowest BCUT2D eigenvalue weighted by atomic mass is 9.98. The molecular formula is C14H16ClN. The lowest BCUT2D eigenvalue weighted by Crippen LogP contribution is -3.00. The summed E-state index contributed by atoms with van der Waals surface area (Å²) in [6, 6.07) is 17.0. The maximum Gasteiger partial charge on any atom is 0.0997 e. The van der Waals surface area contributed by atoms with Gasteiger partial charge in [0.1, 0.15) is 0 Å². The summed E-state index contributed by atoms with van der Waals surface area (Å²) >= 11 is 0. The normalized spacial score (nSPS) is 9.62. The molecule has 0 bridgehead atoms. The van der Waals surface area contributed by atoms with Crippen molar-refractivity contribution in [2.45, 2.75) is 13.5 Å². The molecule has 2 rings (SSSR count). The molecule has 0 atom stereocenters. The van der Waals surface area contributed by atoms with E-state index in [1.807, 2.05) is 6.07 Å². The maximum absolute atomic E-state index is 3.92. The number of aryl methyl sites for hydroxylation is 1. The zero-order valence-corrected chi connectivity index (χ0v) is 10.2. The van der Waals surface area contributed by atoms with Gasteiger partial charge in [-0.15, -0.1) is 0 Å². The Balaban J connectivity index is 0.00000128. The van der Waals surface area contributed by atoms with Gasteiger partial charge in [-0.1, -0.05) is 42.5 Å². The van der Waals surface area contributed by atoms with Crippen LogP contribution in [-0.2, 0) is 6.54 Å². The molecule has 0 amide bonds. The van der Waals surface area contributed by atoms with Crippen molar-refractivity contribution in [2.24, 2.45) is 0 Å². The van der Waals surface area contributed by atoms with E-state index >= 15 is 0 Å². The Hall–Kier alpha value is -1.31. The summed E-state index contributed by atoms with van der Waals surface area (Å²) in [6.45, 7) is 3.00. The fourth-order valence-electron chi connectivity index (χ4n) is 1.75. The van der Waals surface area contributed by atoms with E-state index in [-0.39, 0.29) is 12.4 Å². The predicted molar refractivity (Wildman–Crippen MR) is 63.2 cm³/mol. The minimum atomic E-state index is 0. The third-order valence-corrected chi connectivity index (χ3v) is 2.68. The molecule has 84 valence electrons. The van der Waals surface area contributed by atoms with Crippen LogP contribution >= 0.6 is 0 Å². The molecule has 16 heavy (non-hydrogen) atoms. The summed E-state index contributed by atoms with van der Waals surface area (Å²) < 4.78 is 0. The van der Waals surface area contributed by atoms with Crippen LogP contribution in [0.15, 0.2) is 48.5 Å². The third kappa shape index (κ3) is 2.63. The fourth-order valence-corrected chi connectivity index (χ4v) is 1.75. The van der Waals surface area contributed by atoms with Crippen LogP contribution in [-0.4, -0.2) is 0 Å². The molecule has 0 heterocycles. The lowest BCUT2D eigenvalue weighted by molar-refractivity contribution is -0.386. The first-order valence-corrected chi connectivity index (χ1v) is 5.25. The summed E-state index contributed by atoms with van der Waals surface area (Å²) in [5.41, 5.74) is 9.13. The highest BCUT2D eigenvalue weighted by atomic mass is 35.5. The molecule has 0 aromatic heterocycles. The van der Waals surface area contributed by atoms with Gasteiger partial charge in [0.15, 0.2) is 0 Å². The van der Waals surface area contributed by atoms with Gasteiger partial charge in [0, 0.05) is 5.56 Å². The number of halogens is 1. The van der Waals surface area contributed by atoms with Crippen molar-refractivity contribution in [1.82, 2.24) is 0 Å².